The molecule has 0 radical (unpaired) electrons. The van der Waals surface area contributed by atoms with Gasteiger partial charge >= 0.3 is 0 Å². The summed E-state index contributed by atoms with van der Waals surface area (Å²) in [5, 5.41) is 5.82. The molecule has 1 aromatic heterocycles. The number of carbonyl (C=O) groups excluding carboxylic acids is 1. The predicted molar refractivity (Wildman–Crippen MR) is 87.0 cm³/mol. The number of benzene rings is 1. The second kappa shape index (κ2) is 6.73. The van der Waals surface area contributed by atoms with Gasteiger partial charge in [-0.3, -0.25) is 4.79 Å². The molecule has 23 heavy (non-hydrogen) atoms. The molecule has 0 unspecified atom stereocenters. The van der Waals surface area contributed by atoms with Gasteiger partial charge in [-0.25, -0.2) is 14.4 Å². The van der Waals surface area contributed by atoms with Gasteiger partial charge in [-0.05, 0) is 38.0 Å². The number of nitrogens with zero attached hydrogens (tertiary/aromatic N) is 2. The van der Waals surface area contributed by atoms with Crippen LogP contribution in [0.2, 0.25) is 0 Å². The largest absolute Gasteiger partial charge is 0.351 e. The number of nitrogens with one attached hydrogen (secondary N) is 2. The SMILES string of the molecule is Cc1cc(C(=O)Nc2ccccc2F)nc(NC2CCCC2)n1. The molecule has 120 valence electrons. The highest BCUT2D eigenvalue weighted by Crippen LogP contribution is 2.21. The monoisotopic (exact) mass is 314 g/mol. The number of hydrogen-bond acceptors (Lipinski definition) is 4. The average molecular weight is 314 g/mol. The third-order valence-corrected chi connectivity index (χ3v) is 3.90. The van der Waals surface area contributed by atoms with Gasteiger partial charge in [0.2, 0.25) is 5.95 Å². The van der Waals surface area contributed by atoms with E-state index in [4.69, 9.17) is 0 Å². The number of hydrogen-bond donors (Lipinski definition) is 2. The van der Waals surface area contributed by atoms with Crippen LogP contribution in [0.1, 0.15) is 41.9 Å². The maximum absolute atomic E-state index is 13.6. The van der Waals surface area contributed by atoms with Crippen molar-refractivity contribution in [2.75, 3.05) is 10.6 Å². The lowest BCUT2D eigenvalue weighted by molar-refractivity contribution is 0.102. The molecule has 0 aliphatic heterocycles. The van der Waals surface area contributed by atoms with Crippen molar-refractivity contribution in [1.29, 1.82) is 0 Å². The third-order valence-electron chi connectivity index (χ3n) is 3.90. The lowest BCUT2D eigenvalue weighted by Gasteiger charge is -2.13. The molecule has 1 aliphatic carbocycles. The molecule has 1 saturated carbocycles. The summed E-state index contributed by atoms with van der Waals surface area (Å²) < 4.78 is 13.6. The summed E-state index contributed by atoms with van der Waals surface area (Å²) in [6.45, 7) is 1.81. The van der Waals surface area contributed by atoms with E-state index in [1.165, 1.54) is 25.0 Å². The molecule has 6 heteroatoms. The van der Waals surface area contributed by atoms with E-state index in [-0.39, 0.29) is 11.4 Å². The zero-order valence-electron chi connectivity index (χ0n) is 13.0. The average Bonchev–Trinajstić information content (AvgIpc) is 3.02. The van der Waals surface area contributed by atoms with Crippen LogP contribution in [0.3, 0.4) is 0 Å². The highest BCUT2D eigenvalue weighted by atomic mass is 19.1. The molecule has 3 rings (SSSR count). The number of anilines is 2. The van der Waals surface area contributed by atoms with Crippen LogP contribution in [0.15, 0.2) is 30.3 Å². The van der Waals surface area contributed by atoms with E-state index < -0.39 is 11.7 Å². The normalized spacial score (nSPS) is 14.7. The molecule has 1 fully saturated rings. The Kier molecular flexibility index (Phi) is 4.50. The van der Waals surface area contributed by atoms with E-state index in [1.807, 2.05) is 0 Å². The summed E-state index contributed by atoms with van der Waals surface area (Å²) >= 11 is 0. The van der Waals surface area contributed by atoms with Gasteiger partial charge in [-0.15, -0.1) is 0 Å². The summed E-state index contributed by atoms with van der Waals surface area (Å²) in [5.41, 5.74) is 1.06. The first-order chi connectivity index (χ1) is 11.1. The van der Waals surface area contributed by atoms with Crippen molar-refractivity contribution in [3.8, 4) is 0 Å². The van der Waals surface area contributed by atoms with E-state index in [2.05, 4.69) is 20.6 Å². The van der Waals surface area contributed by atoms with Crippen LogP contribution in [0, 0.1) is 12.7 Å². The Hall–Kier alpha value is -2.50. The van der Waals surface area contributed by atoms with E-state index in [9.17, 15) is 9.18 Å². The number of amides is 1. The van der Waals surface area contributed by atoms with Crippen LogP contribution in [-0.4, -0.2) is 21.9 Å². The standard InChI is InChI=1S/C17H19FN4O/c1-11-10-15(16(23)21-14-9-5-4-8-13(14)18)22-17(19-11)20-12-6-2-3-7-12/h4-5,8-10,12H,2-3,6-7H2,1H3,(H,21,23)(H,19,20,22). The zero-order valence-corrected chi connectivity index (χ0v) is 13.0. The van der Waals surface area contributed by atoms with Gasteiger partial charge in [0, 0.05) is 11.7 Å². The Morgan fingerprint density at radius 3 is 2.70 bits per heavy atom. The smallest absolute Gasteiger partial charge is 0.274 e. The topological polar surface area (TPSA) is 66.9 Å². The van der Waals surface area contributed by atoms with Gasteiger partial charge in [0.15, 0.2) is 0 Å². The minimum absolute atomic E-state index is 0.138. The molecule has 0 spiro atoms. The molecule has 0 saturated heterocycles. The van der Waals surface area contributed by atoms with Gasteiger partial charge in [0.05, 0.1) is 5.69 Å². The van der Waals surface area contributed by atoms with Gasteiger partial charge in [-0.1, -0.05) is 25.0 Å². The van der Waals surface area contributed by atoms with Gasteiger partial charge in [0.25, 0.3) is 5.91 Å². The molecule has 1 heterocycles. The van der Waals surface area contributed by atoms with Crippen LogP contribution in [0.4, 0.5) is 16.0 Å². The third kappa shape index (κ3) is 3.83. The van der Waals surface area contributed by atoms with Gasteiger partial charge in [-0.2, -0.15) is 0 Å². The Labute approximate surface area is 134 Å². The fourth-order valence-electron chi connectivity index (χ4n) is 2.75. The summed E-state index contributed by atoms with van der Waals surface area (Å²) in [7, 11) is 0. The predicted octanol–water partition coefficient (Wildman–Crippen LogP) is 3.53. The highest BCUT2D eigenvalue weighted by Gasteiger charge is 2.17. The molecule has 1 aromatic carbocycles. The molecule has 0 bridgehead atoms. The van der Waals surface area contributed by atoms with Gasteiger partial charge < -0.3 is 10.6 Å². The van der Waals surface area contributed by atoms with Crippen LogP contribution in [-0.2, 0) is 0 Å². The molecule has 1 amide bonds. The molecule has 2 N–H and O–H groups in total. The van der Waals surface area contributed by atoms with E-state index >= 15 is 0 Å². The maximum atomic E-state index is 13.6. The number of aromatic nitrogens is 2. The summed E-state index contributed by atoms with van der Waals surface area (Å²) in [4.78, 5) is 20.9. The maximum Gasteiger partial charge on any atom is 0.274 e. The Morgan fingerprint density at radius 2 is 1.96 bits per heavy atom. The van der Waals surface area contributed by atoms with Crippen LogP contribution < -0.4 is 10.6 Å². The van der Waals surface area contributed by atoms with E-state index in [0.29, 0.717) is 17.7 Å². The van der Waals surface area contributed by atoms with Crippen molar-refractivity contribution in [2.24, 2.45) is 0 Å². The van der Waals surface area contributed by atoms with Crippen LogP contribution in [0.5, 0.6) is 0 Å². The number of rotatable bonds is 4. The molecule has 0 atom stereocenters. The molecule has 2 aromatic rings. The summed E-state index contributed by atoms with van der Waals surface area (Å²) in [6.07, 6.45) is 4.58. The molecule has 5 nitrogen and oxygen atoms in total. The number of para-hydroxylation sites is 1. The van der Waals surface area contributed by atoms with Crippen LogP contribution >= 0.6 is 0 Å². The molecular weight excluding hydrogens is 295 g/mol. The van der Waals surface area contributed by atoms with Crippen molar-refractivity contribution in [3.05, 3.63) is 47.5 Å². The Bertz CT molecular complexity index is 713. The quantitative estimate of drug-likeness (QED) is 0.906. The fourth-order valence-corrected chi connectivity index (χ4v) is 2.75. The summed E-state index contributed by atoms with van der Waals surface area (Å²) in [6, 6.07) is 8.00. The molecular formula is C17H19FN4O. The van der Waals surface area contributed by atoms with Crippen molar-refractivity contribution in [3.63, 3.8) is 0 Å². The number of carbonyl (C=O) groups is 1. The van der Waals surface area contributed by atoms with Crippen molar-refractivity contribution >= 4 is 17.5 Å². The number of halogens is 1. The van der Waals surface area contributed by atoms with Crippen molar-refractivity contribution in [1.82, 2.24) is 9.97 Å². The minimum Gasteiger partial charge on any atom is -0.351 e. The lowest BCUT2D eigenvalue weighted by Crippen LogP contribution is -2.20. The van der Waals surface area contributed by atoms with Gasteiger partial charge in [0.1, 0.15) is 11.5 Å². The second-order valence-corrected chi connectivity index (χ2v) is 5.78. The fraction of sp³-hybridized carbons (Fsp3) is 0.353. The first kappa shape index (κ1) is 15.4. The first-order valence-corrected chi connectivity index (χ1v) is 7.80. The molecule has 1 aliphatic rings. The Balaban J connectivity index is 1.77. The lowest BCUT2D eigenvalue weighted by atomic mass is 10.2. The minimum atomic E-state index is -0.476. The first-order valence-electron chi connectivity index (χ1n) is 7.80. The Morgan fingerprint density at radius 1 is 1.22 bits per heavy atom. The number of aryl methyl sites for hydroxylation is 1. The second-order valence-electron chi connectivity index (χ2n) is 5.78. The highest BCUT2D eigenvalue weighted by molar-refractivity contribution is 6.03. The van der Waals surface area contributed by atoms with E-state index in [0.717, 1.165) is 12.8 Å². The van der Waals surface area contributed by atoms with Crippen molar-refractivity contribution < 1.29 is 9.18 Å². The summed E-state index contributed by atoms with van der Waals surface area (Å²) in [5.74, 6) is -0.471. The van der Waals surface area contributed by atoms with E-state index in [1.54, 1.807) is 25.1 Å². The van der Waals surface area contributed by atoms with Crippen LogP contribution in [0.25, 0.3) is 0 Å². The zero-order chi connectivity index (χ0) is 16.2. The van der Waals surface area contributed by atoms with Crippen molar-refractivity contribution in [2.45, 2.75) is 38.6 Å².